The normalized spacial score (nSPS) is 16.3. The molecule has 4 rings (SSSR count). The Hall–Kier alpha value is -3.33. The van der Waals surface area contributed by atoms with E-state index in [1.54, 1.807) is 42.5 Å². The molecule has 30 heavy (non-hydrogen) atoms. The summed E-state index contributed by atoms with van der Waals surface area (Å²) in [4.78, 5) is 40.4. The van der Waals surface area contributed by atoms with Gasteiger partial charge in [0.2, 0.25) is 0 Å². The molecule has 0 unspecified atom stereocenters. The summed E-state index contributed by atoms with van der Waals surface area (Å²) in [7, 11) is 1.58. The Morgan fingerprint density at radius 3 is 2.43 bits per heavy atom. The summed E-state index contributed by atoms with van der Waals surface area (Å²) in [5.41, 5.74) is 1.98. The Morgan fingerprint density at radius 2 is 1.80 bits per heavy atom. The third kappa shape index (κ3) is 3.52. The van der Waals surface area contributed by atoms with E-state index in [4.69, 9.17) is 4.74 Å². The summed E-state index contributed by atoms with van der Waals surface area (Å²) in [6.07, 6.45) is 2.57. The van der Waals surface area contributed by atoms with Gasteiger partial charge in [-0.15, -0.1) is 0 Å². The fourth-order valence-corrected chi connectivity index (χ4v) is 3.75. The Labute approximate surface area is 172 Å². The molecule has 8 nitrogen and oxygen atoms in total. The number of benzene rings is 1. The van der Waals surface area contributed by atoms with E-state index in [0.717, 1.165) is 4.90 Å². The van der Waals surface area contributed by atoms with Gasteiger partial charge in [0.25, 0.3) is 17.7 Å². The number of amides is 3. The van der Waals surface area contributed by atoms with E-state index in [1.807, 2.05) is 0 Å². The first-order valence-corrected chi connectivity index (χ1v) is 9.61. The summed E-state index contributed by atoms with van der Waals surface area (Å²) in [6.45, 7) is 1.34. The van der Waals surface area contributed by atoms with Crippen molar-refractivity contribution < 1.29 is 23.5 Å². The fourth-order valence-electron chi connectivity index (χ4n) is 3.75. The molecule has 0 saturated carbocycles. The molecule has 0 radical (unpaired) electrons. The van der Waals surface area contributed by atoms with Crippen molar-refractivity contribution >= 4 is 17.7 Å². The molecular weight excluding hydrogens is 391 g/mol. The molecule has 2 aliphatic heterocycles. The summed E-state index contributed by atoms with van der Waals surface area (Å²) < 4.78 is 20.1. The highest BCUT2D eigenvalue weighted by atomic mass is 19.1. The lowest BCUT2D eigenvalue weighted by Crippen LogP contribution is -2.39. The van der Waals surface area contributed by atoms with Crippen LogP contribution in [0, 0.1) is 0 Å². The molecule has 0 atom stereocenters. The number of ether oxygens (including phenoxy) is 1. The molecule has 2 aliphatic rings. The zero-order valence-electron chi connectivity index (χ0n) is 16.5. The van der Waals surface area contributed by atoms with E-state index >= 15 is 0 Å². The van der Waals surface area contributed by atoms with Crippen molar-refractivity contribution in [3.05, 3.63) is 64.7 Å². The molecule has 0 aliphatic carbocycles. The number of fused-ring (bicyclic) bond motifs is 2. The predicted octanol–water partition coefficient (Wildman–Crippen LogP) is 1.68. The van der Waals surface area contributed by atoms with Gasteiger partial charge in [-0.05, 0) is 17.7 Å². The van der Waals surface area contributed by atoms with E-state index < -0.39 is 11.8 Å². The summed E-state index contributed by atoms with van der Waals surface area (Å²) in [5.74, 6) is -1.02. The van der Waals surface area contributed by atoms with E-state index in [9.17, 15) is 18.8 Å². The molecule has 1 aromatic heterocycles. The Bertz CT molecular complexity index is 1010. The number of nitrogens with zero attached hydrogens (tertiary/aromatic N) is 4. The molecule has 0 spiro atoms. The first kappa shape index (κ1) is 20.0. The zero-order valence-corrected chi connectivity index (χ0v) is 16.5. The summed E-state index contributed by atoms with van der Waals surface area (Å²) >= 11 is 0. The maximum atomic E-state index is 13.6. The second kappa shape index (κ2) is 8.19. The first-order valence-electron chi connectivity index (χ1n) is 9.61. The lowest BCUT2D eigenvalue weighted by molar-refractivity contribution is 0.0661. The zero-order chi connectivity index (χ0) is 21.3. The van der Waals surface area contributed by atoms with Crippen LogP contribution >= 0.6 is 0 Å². The molecule has 9 heteroatoms. The summed E-state index contributed by atoms with van der Waals surface area (Å²) in [6, 6.07) is 6.52. The van der Waals surface area contributed by atoms with Crippen molar-refractivity contribution in [2.75, 3.05) is 33.4 Å². The number of hydrogen-bond acceptors (Lipinski definition) is 5. The van der Waals surface area contributed by atoms with Gasteiger partial charge < -0.3 is 9.64 Å². The third-order valence-electron chi connectivity index (χ3n) is 5.30. The van der Waals surface area contributed by atoms with Crippen molar-refractivity contribution in [2.24, 2.45) is 0 Å². The lowest BCUT2D eigenvalue weighted by atomic mass is 10.1. The number of hydrogen-bond donors (Lipinski definition) is 0. The maximum absolute atomic E-state index is 13.6. The third-order valence-corrected chi connectivity index (χ3v) is 5.30. The van der Waals surface area contributed by atoms with Crippen molar-refractivity contribution in [3.63, 3.8) is 0 Å². The second-order valence-electron chi connectivity index (χ2n) is 7.23. The monoisotopic (exact) mass is 412 g/mol. The van der Waals surface area contributed by atoms with Crippen LogP contribution in [0.5, 0.6) is 0 Å². The van der Waals surface area contributed by atoms with Crippen LogP contribution in [-0.4, -0.2) is 70.7 Å². The number of carbonyl (C=O) groups is 3. The molecule has 3 amide bonds. The Balaban J connectivity index is 1.47. The molecule has 156 valence electrons. The predicted molar refractivity (Wildman–Crippen MR) is 105 cm³/mol. The van der Waals surface area contributed by atoms with Crippen molar-refractivity contribution in [1.82, 2.24) is 19.6 Å². The van der Waals surface area contributed by atoms with Gasteiger partial charge in [0, 0.05) is 32.8 Å². The standard InChI is InChI=1S/C21H21FN4O4/c1-30-9-8-24-7-6-18-17(19(24)27)13-25(23-18)11-14(10-22)12-26-20(28)15-4-2-3-5-16(15)21(26)29/h2-5,10,13H,6-9,11-12H2,1H3. The van der Waals surface area contributed by atoms with Gasteiger partial charge in [0.05, 0.1) is 48.4 Å². The van der Waals surface area contributed by atoms with Crippen molar-refractivity contribution in [3.8, 4) is 0 Å². The van der Waals surface area contributed by atoms with Crippen LogP contribution in [-0.2, 0) is 17.7 Å². The van der Waals surface area contributed by atoms with Crippen LogP contribution in [0.2, 0.25) is 0 Å². The highest BCUT2D eigenvalue weighted by molar-refractivity contribution is 6.21. The average Bonchev–Trinajstić information content (AvgIpc) is 3.28. The van der Waals surface area contributed by atoms with E-state index in [1.165, 1.54) is 4.68 Å². The minimum Gasteiger partial charge on any atom is -0.383 e. The number of carbonyl (C=O) groups excluding carboxylic acids is 3. The minimum atomic E-state index is -0.446. The maximum Gasteiger partial charge on any atom is 0.261 e. The van der Waals surface area contributed by atoms with Crippen LogP contribution < -0.4 is 0 Å². The van der Waals surface area contributed by atoms with Gasteiger partial charge in [-0.25, -0.2) is 4.39 Å². The molecule has 0 saturated heterocycles. The largest absolute Gasteiger partial charge is 0.383 e. The fraction of sp³-hybridized carbons (Fsp3) is 0.333. The number of rotatable bonds is 7. The number of imide groups is 1. The quantitative estimate of drug-likeness (QED) is 0.646. The van der Waals surface area contributed by atoms with Gasteiger partial charge in [-0.1, -0.05) is 12.1 Å². The molecule has 0 bridgehead atoms. The number of methoxy groups -OCH3 is 1. The molecule has 2 aromatic rings. The van der Waals surface area contributed by atoms with Gasteiger partial charge in [-0.2, -0.15) is 5.10 Å². The van der Waals surface area contributed by atoms with Gasteiger partial charge in [0.15, 0.2) is 0 Å². The van der Waals surface area contributed by atoms with Gasteiger partial charge >= 0.3 is 0 Å². The number of halogens is 1. The van der Waals surface area contributed by atoms with Crippen LogP contribution in [0.25, 0.3) is 0 Å². The first-order chi connectivity index (χ1) is 14.5. The van der Waals surface area contributed by atoms with Gasteiger partial charge in [0.1, 0.15) is 0 Å². The lowest BCUT2D eigenvalue weighted by Gasteiger charge is -2.25. The Morgan fingerprint density at radius 1 is 1.10 bits per heavy atom. The van der Waals surface area contributed by atoms with E-state index in [2.05, 4.69) is 5.10 Å². The van der Waals surface area contributed by atoms with Crippen LogP contribution in [0.3, 0.4) is 0 Å². The smallest absolute Gasteiger partial charge is 0.261 e. The van der Waals surface area contributed by atoms with Crippen LogP contribution in [0.4, 0.5) is 4.39 Å². The topological polar surface area (TPSA) is 84.7 Å². The SMILES string of the molecule is COCCN1CCc2nn(CC(=CF)CN3C(=O)c4ccccc4C3=O)cc2C1=O. The molecule has 0 N–H and O–H groups in total. The highest BCUT2D eigenvalue weighted by Gasteiger charge is 2.35. The molecule has 1 aromatic carbocycles. The second-order valence-corrected chi connectivity index (χ2v) is 7.23. The van der Waals surface area contributed by atoms with E-state index in [0.29, 0.717) is 54.8 Å². The molecular formula is C21H21FN4O4. The summed E-state index contributed by atoms with van der Waals surface area (Å²) in [5, 5.41) is 4.40. The average molecular weight is 412 g/mol. The Kier molecular flexibility index (Phi) is 5.45. The number of aromatic nitrogens is 2. The van der Waals surface area contributed by atoms with Crippen molar-refractivity contribution in [2.45, 2.75) is 13.0 Å². The highest BCUT2D eigenvalue weighted by Crippen LogP contribution is 2.24. The van der Waals surface area contributed by atoms with Crippen molar-refractivity contribution in [1.29, 1.82) is 0 Å². The van der Waals surface area contributed by atoms with E-state index in [-0.39, 0.29) is 24.6 Å². The molecule has 3 heterocycles. The van der Waals surface area contributed by atoms with Crippen LogP contribution in [0.15, 0.2) is 42.4 Å². The minimum absolute atomic E-state index is 0.0300. The molecule has 0 fully saturated rings. The van der Waals surface area contributed by atoms with Gasteiger partial charge in [-0.3, -0.25) is 24.0 Å². The van der Waals surface area contributed by atoms with Crippen LogP contribution in [0.1, 0.15) is 36.8 Å².